The Hall–Kier alpha value is -5.27. The van der Waals surface area contributed by atoms with E-state index in [2.05, 4.69) is 25.5 Å². The van der Waals surface area contributed by atoms with E-state index in [1.165, 1.54) is 17.0 Å². The van der Waals surface area contributed by atoms with Gasteiger partial charge in [-0.25, -0.2) is 28.8 Å². The molecule has 0 atom stereocenters. The van der Waals surface area contributed by atoms with Crippen molar-refractivity contribution in [3.05, 3.63) is 65.1 Å². The molecule has 218 valence electrons. The zero-order chi connectivity index (χ0) is 30.0. The summed E-state index contributed by atoms with van der Waals surface area (Å²) in [6.45, 7) is 2.80. The van der Waals surface area contributed by atoms with Gasteiger partial charge >= 0.3 is 18.0 Å². The van der Waals surface area contributed by atoms with Crippen molar-refractivity contribution in [2.24, 2.45) is 0 Å². The summed E-state index contributed by atoms with van der Waals surface area (Å²) in [6, 6.07) is 5.17. The molecule has 0 spiro atoms. The van der Waals surface area contributed by atoms with Gasteiger partial charge in [-0.3, -0.25) is 9.59 Å². The molecule has 2 aliphatic carbocycles. The number of hydrogen-bond donors (Lipinski definition) is 3. The zero-order valence-corrected chi connectivity index (χ0v) is 22.8. The van der Waals surface area contributed by atoms with Crippen molar-refractivity contribution in [3.63, 3.8) is 0 Å². The lowest BCUT2D eigenvalue weighted by Crippen LogP contribution is -2.39. The van der Waals surface area contributed by atoms with Crippen molar-refractivity contribution >= 4 is 46.9 Å². The van der Waals surface area contributed by atoms with E-state index >= 15 is 0 Å². The number of benzene rings is 1. The maximum absolute atomic E-state index is 13.6. The number of carboxylic acids is 1. The van der Waals surface area contributed by atoms with Gasteiger partial charge in [0, 0.05) is 41.7 Å². The van der Waals surface area contributed by atoms with Crippen LogP contribution < -0.4 is 10.6 Å². The Bertz CT molecular complexity index is 1620. The second kappa shape index (κ2) is 11.7. The van der Waals surface area contributed by atoms with Crippen LogP contribution in [-0.2, 0) is 19.1 Å². The molecule has 0 aliphatic heterocycles. The number of amides is 3. The van der Waals surface area contributed by atoms with Gasteiger partial charge in [-0.05, 0) is 62.8 Å². The normalized spacial score (nSPS) is 14.4. The summed E-state index contributed by atoms with van der Waals surface area (Å²) in [7, 11) is 0. The fourth-order valence-corrected chi connectivity index (χ4v) is 4.24. The Morgan fingerprint density at radius 2 is 1.86 bits per heavy atom. The predicted octanol–water partition coefficient (Wildman–Crippen LogP) is 2.86. The van der Waals surface area contributed by atoms with Crippen molar-refractivity contribution in [1.82, 2.24) is 24.8 Å². The van der Waals surface area contributed by atoms with Crippen LogP contribution in [0, 0.1) is 13.8 Å². The Balaban J connectivity index is 1.35. The Morgan fingerprint density at radius 1 is 1.10 bits per heavy atom. The average molecular weight is 577 g/mol. The highest BCUT2D eigenvalue weighted by atomic mass is 16.7. The van der Waals surface area contributed by atoms with E-state index in [0.29, 0.717) is 53.1 Å². The number of aliphatic carboxylic acids is 1. The molecule has 2 aromatic heterocycles. The quantitative estimate of drug-likeness (QED) is 0.183. The minimum atomic E-state index is -1.34. The molecule has 2 saturated carbocycles. The number of fused-ring (bicyclic) bond motifs is 1. The number of carbonyl (C=O) groups is 5. The number of aryl methyl sites for hydroxylation is 2. The van der Waals surface area contributed by atoms with E-state index in [4.69, 9.17) is 9.84 Å². The standard InChI is InChI=1S/C28H28N6O8/c1-15-3-4-17(26(38)31-18-5-6-18)11-21(15)32-25-24-16(2)20(12-33(24)30-13-29-25)27(39)34(19-7-8-19)28(40)42-14-41-23(37)10-9-22(35)36/h3-4,9-13,18-19H,5-8,14H2,1-2H3,(H,31,38)(H,35,36)(H,29,30,32). The van der Waals surface area contributed by atoms with Gasteiger partial charge < -0.3 is 25.2 Å². The molecule has 3 N–H and O–H groups in total. The minimum Gasteiger partial charge on any atom is -0.478 e. The fourth-order valence-electron chi connectivity index (χ4n) is 4.24. The average Bonchev–Trinajstić information content (AvgIpc) is 3.89. The summed E-state index contributed by atoms with van der Waals surface area (Å²) >= 11 is 0. The molecule has 5 rings (SSSR count). The molecule has 0 bridgehead atoms. The van der Waals surface area contributed by atoms with Gasteiger partial charge in [0.25, 0.3) is 11.8 Å². The van der Waals surface area contributed by atoms with E-state index < -0.39 is 30.7 Å². The van der Waals surface area contributed by atoms with Gasteiger partial charge in [0.1, 0.15) is 11.8 Å². The molecule has 2 aliphatic rings. The van der Waals surface area contributed by atoms with Gasteiger partial charge in [-0.15, -0.1) is 0 Å². The van der Waals surface area contributed by atoms with E-state index in [1.807, 2.05) is 13.0 Å². The summed E-state index contributed by atoms with van der Waals surface area (Å²) in [4.78, 5) is 66.4. The number of hydrogen-bond acceptors (Lipinski definition) is 10. The third kappa shape index (κ3) is 6.37. The maximum Gasteiger partial charge on any atom is 0.419 e. The number of aromatic nitrogens is 3. The summed E-state index contributed by atoms with van der Waals surface area (Å²) < 4.78 is 11.1. The molecule has 3 amide bonds. The Labute approximate surface area is 239 Å². The first kappa shape index (κ1) is 28.3. The molecular formula is C28H28N6O8. The highest BCUT2D eigenvalue weighted by Crippen LogP contribution is 2.32. The number of carbonyl (C=O) groups excluding carboxylic acids is 4. The molecule has 2 fully saturated rings. The largest absolute Gasteiger partial charge is 0.478 e. The molecule has 14 heteroatoms. The van der Waals surface area contributed by atoms with E-state index in [-0.39, 0.29) is 23.6 Å². The number of esters is 1. The van der Waals surface area contributed by atoms with Gasteiger partial charge in [0.05, 0.1) is 5.56 Å². The van der Waals surface area contributed by atoms with Crippen LogP contribution in [0.15, 0.2) is 42.9 Å². The molecule has 42 heavy (non-hydrogen) atoms. The van der Waals surface area contributed by atoms with E-state index in [1.54, 1.807) is 19.1 Å². The lowest BCUT2D eigenvalue weighted by atomic mass is 10.1. The Morgan fingerprint density at radius 3 is 2.55 bits per heavy atom. The summed E-state index contributed by atoms with van der Waals surface area (Å²) in [5, 5.41) is 19.0. The maximum atomic E-state index is 13.6. The molecular weight excluding hydrogens is 548 g/mol. The van der Waals surface area contributed by atoms with Crippen LogP contribution in [0.25, 0.3) is 5.52 Å². The topological polar surface area (TPSA) is 182 Å². The van der Waals surface area contributed by atoms with Crippen molar-refractivity contribution in [2.75, 3.05) is 12.1 Å². The zero-order valence-electron chi connectivity index (χ0n) is 22.8. The van der Waals surface area contributed by atoms with Gasteiger partial charge in [0.15, 0.2) is 5.82 Å². The van der Waals surface area contributed by atoms with Gasteiger partial charge in [0.2, 0.25) is 6.79 Å². The van der Waals surface area contributed by atoms with Crippen LogP contribution in [0.2, 0.25) is 0 Å². The second-order valence-corrected chi connectivity index (χ2v) is 10.0. The third-order valence-corrected chi connectivity index (χ3v) is 6.80. The number of ether oxygens (including phenoxy) is 2. The molecule has 0 radical (unpaired) electrons. The lowest BCUT2D eigenvalue weighted by Gasteiger charge is -2.19. The third-order valence-electron chi connectivity index (χ3n) is 6.80. The van der Waals surface area contributed by atoms with Crippen molar-refractivity contribution < 1.29 is 38.6 Å². The molecule has 1 aromatic carbocycles. The van der Waals surface area contributed by atoms with Crippen LogP contribution in [0.4, 0.5) is 16.3 Å². The monoisotopic (exact) mass is 576 g/mol. The van der Waals surface area contributed by atoms with Crippen molar-refractivity contribution in [2.45, 2.75) is 51.6 Å². The van der Waals surface area contributed by atoms with Crippen LogP contribution in [0.5, 0.6) is 0 Å². The number of anilines is 2. The SMILES string of the molecule is Cc1ccc(C(=O)NC2CC2)cc1Nc1ncnn2cc(C(=O)N(C(=O)OCOC(=O)C=CC(=O)O)C3CC3)c(C)c12. The lowest BCUT2D eigenvalue weighted by molar-refractivity contribution is -0.146. The van der Waals surface area contributed by atoms with Gasteiger partial charge in [-0.1, -0.05) is 6.07 Å². The highest BCUT2D eigenvalue weighted by molar-refractivity contribution is 6.06. The van der Waals surface area contributed by atoms with Crippen molar-refractivity contribution in [1.29, 1.82) is 0 Å². The molecule has 2 heterocycles. The number of nitrogens with one attached hydrogen (secondary N) is 2. The number of imide groups is 1. The first-order valence-corrected chi connectivity index (χ1v) is 13.2. The summed E-state index contributed by atoms with van der Waals surface area (Å²) in [6.07, 6.45) is 6.19. The molecule has 0 unspecified atom stereocenters. The van der Waals surface area contributed by atoms with Crippen LogP contribution in [0.3, 0.4) is 0 Å². The smallest absolute Gasteiger partial charge is 0.419 e. The first-order valence-electron chi connectivity index (χ1n) is 13.2. The number of nitrogens with zero attached hydrogens (tertiary/aromatic N) is 4. The number of carboxylic acid groups (broad SMARTS) is 1. The summed E-state index contributed by atoms with van der Waals surface area (Å²) in [5.74, 6) is -2.74. The van der Waals surface area contributed by atoms with Crippen LogP contribution in [-0.4, -0.2) is 73.3 Å². The Kier molecular flexibility index (Phi) is 7.86. The minimum absolute atomic E-state index is 0.154. The van der Waals surface area contributed by atoms with E-state index in [0.717, 1.165) is 23.3 Å². The van der Waals surface area contributed by atoms with Crippen LogP contribution in [0.1, 0.15) is 57.5 Å². The van der Waals surface area contributed by atoms with Crippen LogP contribution >= 0.6 is 0 Å². The molecule has 0 saturated heterocycles. The highest BCUT2D eigenvalue weighted by Gasteiger charge is 2.40. The molecule has 3 aromatic rings. The predicted molar refractivity (Wildman–Crippen MR) is 146 cm³/mol. The fraction of sp³-hybridized carbons (Fsp3) is 0.321. The second-order valence-electron chi connectivity index (χ2n) is 10.0. The first-order chi connectivity index (χ1) is 20.1. The number of rotatable bonds is 10. The summed E-state index contributed by atoms with van der Waals surface area (Å²) in [5.41, 5.74) is 3.23. The van der Waals surface area contributed by atoms with Gasteiger partial charge in [-0.2, -0.15) is 5.10 Å². The van der Waals surface area contributed by atoms with E-state index in [9.17, 15) is 24.0 Å². The van der Waals surface area contributed by atoms with Crippen molar-refractivity contribution in [3.8, 4) is 0 Å². The molecule has 14 nitrogen and oxygen atoms in total.